The Hall–Kier alpha value is -3.15. The van der Waals surface area contributed by atoms with Crippen LogP contribution in [0.2, 0.25) is 0 Å². The van der Waals surface area contributed by atoms with Crippen molar-refractivity contribution in [1.29, 1.82) is 0 Å². The molecule has 0 heterocycles. The Morgan fingerprint density at radius 3 is 0.797 bits per heavy atom. The van der Waals surface area contributed by atoms with E-state index in [0.717, 1.165) is 77.0 Å². The van der Waals surface area contributed by atoms with Crippen LogP contribution in [0.1, 0.15) is 323 Å². The first-order valence-corrected chi connectivity index (χ1v) is 31.9. The van der Waals surface area contributed by atoms with Crippen molar-refractivity contribution in [2.24, 2.45) is 0 Å². The van der Waals surface area contributed by atoms with E-state index in [0.29, 0.717) is 19.3 Å². The van der Waals surface area contributed by atoms with Crippen LogP contribution in [-0.4, -0.2) is 37.2 Å². The molecule has 0 saturated heterocycles. The molecule has 74 heavy (non-hydrogen) atoms. The first-order chi connectivity index (χ1) is 36.5. The molecule has 428 valence electrons. The molecule has 1 atom stereocenters. The SMILES string of the molecule is CC/C=C\C/C=C\C/C=C\C/C=C\C/C=C\C/C=C\CCC(=O)OC(COC(=O)CCCCCCCCCCC)COC(=O)CCCCCCCCCCCCCCCCCCCCCCCCCCCCCC. The van der Waals surface area contributed by atoms with Crippen LogP contribution in [0.5, 0.6) is 0 Å². The van der Waals surface area contributed by atoms with E-state index in [4.69, 9.17) is 14.2 Å². The van der Waals surface area contributed by atoms with Gasteiger partial charge in [0.05, 0.1) is 0 Å². The fraction of sp³-hybridized carbons (Fsp3) is 0.779. The van der Waals surface area contributed by atoms with Crippen LogP contribution in [0.3, 0.4) is 0 Å². The van der Waals surface area contributed by atoms with Gasteiger partial charge in [0.25, 0.3) is 0 Å². The first kappa shape index (κ1) is 70.8. The van der Waals surface area contributed by atoms with Gasteiger partial charge in [-0.1, -0.05) is 318 Å². The van der Waals surface area contributed by atoms with Crippen molar-refractivity contribution >= 4 is 17.9 Å². The lowest BCUT2D eigenvalue weighted by atomic mass is 10.0. The van der Waals surface area contributed by atoms with Gasteiger partial charge in [0.15, 0.2) is 6.10 Å². The standard InChI is InChI=1S/C68H120O6/c1-4-7-10-13-16-19-21-23-25-27-29-30-31-32-33-34-35-36-37-39-40-42-44-46-49-52-55-58-61-67(70)73-64-65(63-72-66(69)60-57-54-51-48-18-15-12-9-6-3)74-68(71)62-59-56-53-50-47-45-43-41-38-28-26-24-22-20-17-14-11-8-5-2/h8,11,17,20,24,26,38,41,45,47,53,56,65H,4-7,9-10,12-16,18-19,21-23,25,27-37,39-40,42-44,46,48-52,54-55,57-64H2,1-3H3/b11-8-,20-17-,26-24-,41-38-,47-45-,56-53-. The van der Waals surface area contributed by atoms with Crippen molar-refractivity contribution in [2.75, 3.05) is 13.2 Å². The van der Waals surface area contributed by atoms with Gasteiger partial charge in [-0.05, 0) is 57.8 Å². The van der Waals surface area contributed by atoms with Crippen LogP contribution in [0.4, 0.5) is 0 Å². The molecule has 0 radical (unpaired) electrons. The van der Waals surface area contributed by atoms with E-state index in [-0.39, 0.29) is 37.5 Å². The summed E-state index contributed by atoms with van der Waals surface area (Å²) in [6, 6.07) is 0. The third kappa shape index (κ3) is 59.7. The minimum absolute atomic E-state index is 0.102. The Kier molecular flexibility index (Phi) is 59.7. The second-order valence-corrected chi connectivity index (χ2v) is 21.3. The molecule has 0 aliphatic rings. The van der Waals surface area contributed by atoms with Gasteiger partial charge in [0.2, 0.25) is 0 Å². The Balaban J connectivity index is 4.20. The molecular formula is C68H120O6. The summed E-state index contributed by atoms with van der Waals surface area (Å²) in [6.45, 7) is 6.48. The highest BCUT2D eigenvalue weighted by Crippen LogP contribution is 2.17. The molecule has 0 rings (SSSR count). The van der Waals surface area contributed by atoms with Crippen molar-refractivity contribution in [3.63, 3.8) is 0 Å². The van der Waals surface area contributed by atoms with Crippen molar-refractivity contribution < 1.29 is 28.6 Å². The Morgan fingerprint density at radius 2 is 0.527 bits per heavy atom. The lowest BCUT2D eigenvalue weighted by Gasteiger charge is -2.18. The molecule has 0 aliphatic heterocycles. The quantitative estimate of drug-likeness (QED) is 0.0261. The van der Waals surface area contributed by atoms with E-state index in [2.05, 4.69) is 87.6 Å². The summed E-state index contributed by atoms with van der Waals surface area (Å²) in [6.07, 6.45) is 81.0. The molecule has 6 nitrogen and oxygen atoms in total. The number of ether oxygens (including phenoxy) is 3. The average molecular weight is 1030 g/mol. The molecule has 0 spiro atoms. The number of hydrogen-bond acceptors (Lipinski definition) is 6. The fourth-order valence-electron chi connectivity index (χ4n) is 9.24. The van der Waals surface area contributed by atoms with Crippen molar-refractivity contribution in [1.82, 2.24) is 0 Å². The monoisotopic (exact) mass is 1030 g/mol. The summed E-state index contributed by atoms with van der Waals surface area (Å²) in [5, 5.41) is 0. The van der Waals surface area contributed by atoms with Gasteiger partial charge in [0, 0.05) is 19.3 Å². The summed E-state index contributed by atoms with van der Waals surface area (Å²) in [5.41, 5.74) is 0. The zero-order valence-electron chi connectivity index (χ0n) is 49.1. The van der Waals surface area contributed by atoms with E-state index in [1.165, 1.54) is 199 Å². The molecule has 0 fully saturated rings. The van der Waals surface area contributed by atoms with Crippen molar-refractivity contribution in [2.45, 2.75) is 329 Å². The number of unbranched alkanes of at least 4 members (excludes halogenated alkanes) is 35. The van der Waals surface area contributed by atoms with Crippen LogP contribution in [0.15, 0.2) is 72.9 Å². The van der Waals surface area contributed by atoms with Gasteiger partial charge in [-0.25, -0.2) is 0 Å². The Labute approximate surface area is 459 Å². The summed E-state index contributed by atoms with van der Waals surface area (Å²) in [7, 11) is 0. The second-order valence-electron chi connectivity index (χ2n) is 21.3. The molecule has 0 saturated carbocycles. The van der Waals surface area contributed by atoms with E-state index >= 15 is 0 Å². The maximum atomic E-state index is 12.8. The zero-order chi connectivity index (χ0) is 53.6. The van der Waals surface area contributed by atoms with Gasteiger partial charge < -0.3 is 14.2 Å². The molecular weight excluding hydrogens is 913 g/mol. The number of hydrogen-bond donors (Lipinski definition) is 0. The van der Waals surface area contributed by atoms with Gasteiger partial charge >= 0.3 is 17.9 Å². The molecule has 0 aromatic carbocycles. The van der Waals surface area contributed by atoms with Gasteiger partial charge in [-0.15, -0.1) is 0 Å². The highest BCUT2D eigenvalue weighted by Gasteiger charge is 2.19. The molecule has 1 unspecified atom stereocenters. The molecule has 0 aromatic heterocycles. The minimum atomic E-state index is -0.813. The van der Waals surface area contributed by atoms with Crippen LogP contribution in [0, 0.1) is 0 Å². The van der Waals surface area contributed by atoms with E-state index in [9.17, 15) is 14.4 Å². The lowest BCUT2D eigenvalue weighted by molar-refractivity contribution is -0.166. The Bertz CT molecular complexity index is 1370. The molecule has 0 aromatic rings. The van der Waals surface area contributed by atoms with Gasteiger partial charge in [-0.3, -0.25) is 14.4 Å². The summed E-state index contributed by atoms with van der Waals surface area (Å²) in [4.78, 5) is 38.1. The molecule has 0 bridgehead atoms. The van der Waals surface area contributed by atoms with Gasteiger partial charge in [-0.2, -0.15) is 0 Å². The summed E-state index contributed by atoms with van der Waals surface area (Å²) in [5.74, 6) is -0.977. The highest BCUT2D eigenvalue weighted by atomic mass is 16.6. The van der Waals surface area contributed by atoms with Crippen LogP contribution >= 0.6 is 0 Å². The zero-order valence-corrected chi connectivity index (χ0v) is 49.1. The number of allylic oxidation sites excluding steroid dienone is 12. The smallest absolute Gasteiger partial charge is 0.306 e. The maximum absolute atomic E-state index is 12.8. The van der Waals surface area contributed by atoms with E-state index in [1.807, 2.05) is 6.08 Å². The van der Waals surface area contributed by atoms with Gasteiger partial charge in [0.1, 0.15) is 13.2 Å². The molecule has 0 amide bonds. The topological polar surface area (TPSA) is 78.9 Å². The number of carbonyl (C=O) groups excluding carboxylic acids is 3. The third-order valence-electron chi connectivity index (χ3n) is 14.0. The van der Waals surface area contributed by atoms with E-state index < -0.39 is 6.10 Å². The number of esters is 3. The molecule has 0 aliphatic carbocycles. The first-order valence-electron chi connectivity index (χ1n) is 31.9. The van der Waals surface area contributed by atoms with E-state index in [1.54, 1.807) is 0 Å². The number of carbonyl (C=O) groups is 3. The number of rotatable bonds is 58. The molecule has 0 N–H and O–H groups in total. The minimum Gasteiger partial charge on any atom is -0.462 e. The summed E-state index contributed by atoms with van der Waals surface area (Å²) < 4.78 is 16.8. The lowest BCUT2D eigenvalue weighted by Crippen LogP contribution is -2.30. The predicted molar refractivity (Wildman–Crippen MR) is 321 cm³/mol. The fourth-order valence-corrected chi connectivity index (χ4v) is 9.24. The maximum Gasteiger partial charge on any atom is 0.306 e. The average Bonchev–Trinajstić information content (AvgIpc) is 3.40. The van der Waals surface area contributed by atoms with Crippen LogP contribution in [-0.2, 0) is 28.6 Å². The van der Waals surface area contributed by atoms with Crippen molar-refractivity contribution in [3.05, 3.63) is 72.9 Å². The van der Waals surface area contributed by atoms with Crippen LogP contribution in [0.25, 0.3) is 0 Å². The van der Waals surface area contributed by atoms with Crippen LogP contribution < -0.4 is 0 Å². The second kappa shape index (κ2) is 62.4. The Morgan fingerprint density at radius 1 is 0.284 bits per heavy atom. The van der Waals surface area contributed by atoms with Crippen molar-refractivity contribution in [3.8, 4) is 0 Å². The molecule has 6 heteroatoms. The predicted octanol–water partition coefficient (Wildman–Crippen LogP) is 21.7. The summed E-state index contributed by atoms with van der Waals surface area (Å²) >= 11 is 0. The largest absolute Gasteiger partial charge is 0.462 e. The highest BCUT2D eigenvalue weighted by molar-refractivity contribution is 5.71. The third-order valence-corrected chi connectivity index (χ3v) is 14.0. The normalized spacial score (nSPS) is 12.5.